The van der Waals surface area contributed by atoms with E-state index in [2.05, 4.69) is 4.98 Å². The van der Waals surface area contributed by atoms with Gasteiger partial charge in [0, 0.05) is 35.1 Å². The van der Waals surface area contributed by atoms with Crippen LogP contribution in [0, 0.1) is 0 Å². The molecule has 2 unspecified atom stereocenters. The summed E-state index contributed by atoms with van der Waals surface area (Å²) in [5.74, 6) is 0.337. The Balaban J connectivity index is 1.55. The molecule has 10 heteroatoms. The van der Waals surface area contributed by atoms with Crippen molar-refractivity contribution in [3.63, 3.8) is 0 Å². The van der Waals surface area contributed by atoms with Crippen molar-refractivity contribution in [2.75, 3.05) is 14.1 Å². The molecule has 0 saturated heterocycles. The smallest absolute Gasteiger partial charge is 0.253 e. The lowest BCUT2D eigenvalue weighted by atomic mass is 9.88. The lowest BCUT2D eigenvalue weighted by Crippen LogP contribution is -2.28. The Labute approximate surface area is 240 Å². The van der Waals surface area contributed by atoms with Crippen LogP contribution in [0.15, 0.2) is 72.8 Å². The van der Waals surface area contributed by atoms with Crippen molar-refractivity contribution in [1.82, 2.24) is 9.88 Å². The molecule has 0 aliphatic rings. The van der Waals surface area contributed by atoms with Gasteiger partial charge in [0.1, 0.15) is 18.0 Å². The Morgan fingerprint density at radius 3 is 2.49 bits per heavy atom. The van der Waals surface area contributed by atoms with Crippen LogP contribution in [-0.4, -0.2) is 38.6 Å². The maximum Gasteiger partial charge on any atom is 0.253 e. The number of halogens is 2. The minimum absolute atomic E-state index is 0.192. The third-order valence-electron chi connectivity index (χ3n) is 6.38. The number of nitrogens with zero attached hydrogens (tertiary/aromatic N) is 2. The minimum Gasteiger partial charge on any atom is -0.750 e. The number of carbonyl (C=O) groups is 1. The van der Waals surface area contributed by atoms with Crippen molar-refractivity contribution in [3.8, 4) is 5.75 Å². The van der Waals surface area contributed by atoms with Crippen molar-refractivity contribution in [3.05, 3.63) is 105 Å². The Kier molecular flexibility index (Phi) is 9.25. The number of amides is 1. The predicted octanol–water partition coefficient (Wildman–Crippen LogP) is 6.48. The minimum atomic E-state index is -2.78. The topological polar surface area (TPSA) is 91.8 Å². The van der Waals surface area contributed by atoms with Gasteiger partial charge in [-0.1, -0.05) is 53.5 Å². The van der Waals surface area contributed by atoms with Gasteiger partial charge in [-0.2, -0.15) is 0 Å². The second-order valence-corrected chi connectivity index (χ2v) is 10.9. The first kappa shape index (κ1) is 29.0. The standard InChI is InChI=1S/C29H28Cl2N2O5S/c1-29(38-39(35)36,14-13-19-7-10-22(30)16-26(19)28(34)33(2)3)21-5-4-6-25(15-21)37-18-24-12-9-20-8-11-23(31)17-27(20)32-24/h4-12,15-17H,13-14,18H2,1-3H3,(H,35,36)/p-1. The maximum atomic E-state index is 12.7. The van der Waals surface area contributed by atoms with Gasteiger partial charge in [-0.15, -0.1) is 0 Å². The number of hydrogen-bond donors (Lipinski definition) is 0. The molecule has 2 atom stereocenters. The van der Waals surface area contributed by atoms with Crippen molar-refractivity contribution >= 4 is 51.4 Å². The summed E-state index contributed by atoms with van der Waals surface area (Å²) in [6.07, 6.45) is 0.640. The molecule has 4 aromatic rings. The Morgan fingerprint density at radius 2 is 1.74 bits per heavy atom. The van der Waals surface area contributed by atoms with Gasteiger partial charge in [0.2, 0.25) is 0 Å². The first-order chi connectivity index (χ1) is 18.5. The zero-order valence-electron chi connectivity index (χ0n) is 21.6. The van der Waals surface area contributed by atoms with Gasteiger partial charge < -0.3 is 14.2 Å². The zero-order chi connectivity index (χ0) is 28.2. The quantitative estimate of drug-likeness (QED) is 0.198. The summed E-state index contributed by atoms with van der Waals surface area (Å²) in [4.78, 5) is 18.8. The average Bonchev–Trinajstić information content (AvgIpc) is 2.90. The van der Waals surface area contributed by atoms with Crippen molar-refractivity contribution in [1.29, 1.82) is 0 Å². The second kappa shape index (κ2) is 12.4. The van der Waals surface area contributed by atoms with Crippen molar-refractivity contribution in [2.45, 2.75) is 32.0 Å². The van der Waals surface area contributed by atoms with E-state index in [1.165, 1.54) is 4.90 Å². The van der Waals surface area contributed by atoms with Crippen LogP contribution in [-0.2, 0) is 34.2 Å². The fourth-order valence-electron chi connectivity index (χ4n) is 4.25. The van der Waals surface area contributed by atoms with Crippen molar-refractivity contribution < 1.29 is 22.5 Å². The molecule has 0 spiro atoms. The summed E-state index contributed by atoms with van der Waals surface area (Å²) < 4.78 is 34.8. The van der Waals surface area contributed by atoms with Gasteiger partial charge in [0.15, 0.2) is 0 Å². The molecule has 204 valence electrons. The summed E-state index contributed by atoms with van der Waals surface area (Å²) >= 11 is 9.46. The number of rotatable bonds is 10. The number of aryl methyl sites for hydroxylation is 1. The number of pyridine rings is 1. The molecule has 4 rings (SSSR count). The number of carbonyl (C=O) groups excluding carboxylic acids is 1. The molecule has 0 bridgehead atoms. The highest BCUT2D eigenvalue weighted by molar-refractivity contribution is 7.74. The molecule has 3 aromatic carbocycles. The van der Waals surface area contributed by atoms with Gasteiger partial charge in [-0.05, 0) is 73.4 Å². The average molecular weight is 587 g/mol. The van der Waals surface area contributed by atoms with Gasteiger partial charge in [0.25, 0.3) is 5.91 Å². The molecule has 1 amide bonds. The van der Waals surface area contributed by atoms with E-state index < -0.39 is 17.0 Å². The van der Waals surface area contributed by atoms with Crippen LogP contribution in [0.5, 0.6) is 5.75 Å². The predicted molar refractivity (Wildman–Crippen MR) is 153 cm³/mol. The van der Waals surface area contributed by atoms with Crippen LogP contribution in [0.2, 0.25) is 10.0 Å². The van der Waals surface area contributed by atoms with E-state index in [0.29, 0.717) is 33.3 Å². The monoisotopic (exact) mass is 585 g/mol. The van der Waals surface area contributed by atoms with E-state index in [-0.39, 0.29) is 18.9 Å². The number of benzene rings is 3. The number of aromatic nitrogens is 1. The maximum absolute atomic E-state index is 12.7. The van der Waals surface area contributed by atoms with Gasteiger partial charge in [-0.3, -0.25) is 8.98 Å². The SMILES string of the molecule is CN(C)C(=O)c1cc(Cl)ccc1CCC(C)(OS(=O)[O-])c1cccc(OCc2ccc3ccc(Cl)cc3n2)c1. The van der Waals surface area contributed by atoms with Crippen LogP contribution in [0.3, 0.4) is 0 Å². The van der Waals surface area contributed by atoms with E-state index in [1.54, 1.807) is 69.6 Å². The van der Waals surface area contributed by atoms with Crippen LogP contribution in [0.1, 0.15) is 40.5 Å². The normalized spacial score (nSPS) is 13.6. The number of hydrogen-bond acceptors (Lipinski definition) is 6. The number of ether oxygens (including phenoxy) is 1. The summed E-state index contributed by atoms with van der Waals surface area (Å²) in [6, 6.07) is 21.5. The highest BCUT2D eigenvalue weighted by Gasteiger charge is 2.30. The van der Waals surface area contributed by atoms with Crippen molar-refractivity contribution in [2.24, 2.45) is 0 Å². The first-order valence-electron chi connectivity index (χ1n) is 12.1. The molecule has 0 fully saturated rings. The van der Waals surface area contributed by atoms with Crippen LogP contribution >= 0.6 is 23.2 Å². The lowest BCUT2D eigenvalue weighted by molar-refractivity contribution is 0.0788. The summed E-state index contributed by atoms with van der Waals surface area (Å²) in [7, 11) is 3.32. The molecule has 0 N–H and O–H groups in total. The fourth-order valence-corrected chi connectivity index (χ4v) is 5.07. The molecule has 1 heterocycles. The largest absolute Gasteiger partial charge is 0.750 e. The summed E-state index contributed by atoms with van der Waals surface area (Å²) in [5.41, 5.74) is 2.07. The van der Waals surface area contributed by atoms with Crippen LogP contribution in [0.25, 0.3) is 10.9 Å². The third kappa shape index (κ3) is 7.35. The first-order valence-corrected chi connectivity index (χ1v) is 13.9. The zero-order valence-corrected chi connectivity index (χ0v) is 24.0. The van der Waals surface area contributed by atoms with E-state index >= 15 is 0 Å². The molecule has 39 heavy (non-hydrogen) atoms. The molecule has 7 nitrogen and oxygen atoms in total. The molecular formula is C29H27Cl2N2O5S-. The molecule has 0 radical (unpaired) electrons. The highest BCUT2D eigenvalue weighted by atomic mass is 35.5. The Bertz CT molecular complexity index is 1530. The van der Waals surface area contributed by atoms with Gasteiger partial charge in [0.05, 0.1) is 22.6 Å². The van der Waals surface area contributed by atoms with E-state index in [4.69, 9.17) is 32.1 Å². The Hall–Kier alpha value is -3.01. The van der Waals surface area contributed by atoms with E-state index in [9.17, 15) is 13.6 Å². The van der Waals surface area contributed by atoms with Crippen LogP contribution < -0.4 is 4.74 Å². The summed E-state index contributed by atoms with van der Waals surface area (Å²) in [6.45, 7) is 1.90. The lowest BCUT2D eigenvalue weighted by Gasteiger charge is -2.31. The molecule has 1 aromatic heterocycles. The fraction of sp³-hybridized carbons (Fsp3) is 0.241. The van der Waals surface area contributed by atoms with E-state index in [0.717, 1.165) is 22.2 Å². The summed E-state index contributed by atoms with van der Waals surface area (Å²) in [5, 5.41) is 2.02. The molecule has 0 aliphatic heterocycles. The van der Waals surface area contributed by atoms with Crippen LogP contribution in [0.4, 0.5) is 0 Å². The second-order valence-electron chi connectivity index (χ2n) is 9.48. The van der Waals surface area contributed by atoms with E-state index in [1.807, 2.05) is 24.3 Å². The number of fused-ring (bicyclic) bond motifs is 1. The third-order valence-corrected chi connectivity index (χ3v) is 7.35. The molecule has 0 aliphatic carbocycles. The molecule has 0 saturated carbocycles. The van der Waals surface area contributed by atoms with Gasteiger partial charge in [-0.25, -0.2) is 9.19 Å². The highest BCUT2D eigenvalue weighted by Crippen LogP contribution is 2.34. The Morgan fingerprint density at radius 1 is 1.03 bits per heavy atom. The van der Waals surface area contributed by atoms with Gasteiger partial charge >= 0.3 is 0 Å². The molecular weight excluding hydrogens is 559 g/mol.